The molecule has 5 nitrogen and oxygen atoms in total. The van der Waals surface area contributed by atoms with Gasteiger partial charge in [-0.25, -0.2) is 4.79 Å². The number of methoxy groups -OCH3 is 1. The summed E-state index contributed by atoms with van der Waals surface area (Å²) >= 11 is 0. The molecular formula is C12H17N3O2. The monoisotopic (exact) mass is 235 g/mol. The summed E-state index contributed by atoms with van der Waals surface area (Å²) in [5.41, 5.74) is 0.729. The van der Waals surface area contributed by atoms with Crippen molar-refractivity contribution >= 4 is 11.7 Å². The number of pyridine rings is 1. The first-order valence-electron chi connectivity index (χ1n) is 5.74. The Kier molecular flexibility index (Phi) is 3.93. The van der Waals surface area contributed by atoms with Gasteiger partial charge >= 0.3 is 6.03 Å². The van der Waals surface area contributed by atoms with E-state index in [9.17, 15) is 4.79 Å². The summed E-state index contributed by atoms with van der Waals surface area (Å²) in [5.74, 6) is 0.458. The van der Waals surface area contributed by atoms with Crippen molar-refractivity contribution in [3.8, 4) is 0 Å². The molecule has 1 aromatic rings. The topological polar surface area (TPSA) is 54.5 Å². The van der Waals surface area contributed by atoms with Crippen LogP contribution in [-0.4, -0.2) is 42.7 Å². The Morgan fingerprint density at radius 2 is 2.59 bits per heavy atom. The molecule has 1 atom stereocenters. The second kappa shape index (κ2) is 5.63. The van der Waals surface area contributed by atoms with Crippen LogP contribution in [0.15, 0.2) is 24.5 Å². The van der Waals surface area contributed by atoms with E-state index in [0.29, 0.717) is 5.92 Å². The maximum absolute atomic E-state index is 11.9. The minimum absolute atomic E-state index is 0.0587. The van der Waals surface area contributed by atoms with Gasteiger partial charge in [0.2, 0.25) is 0 Å². The minimum Gasteiger partial charge on any atom is -0.384 e. The number of hydrogen-bond acceptors (Lipinski definition) is 3. The number of aromatic nitrogens is 1. The molecule has 0 bridgehead atoms. The van der Waals surface area contributed by atoms with Crippen LogP contribution in [0.2, 0.25) is 0 Å². The highest BCUT2D eigenvalue weighted by molar-refractivity contribution is 5.89. The smallest absolute Gasteiger partial charge is 0.321 e. The van der Waals surface area contributed by atoms with Gasteiger partial charge < -0.3 is 15.0 Å². The van der Waals surface area contributed by atoms with E-state index in [-0.39, 0.29) is 6.03 Å². The van der Waals surface area contributed by atoms with Gasteiger partial charge in [0.25, 0.3) is 0 Å². The number of hydrogen-bond donors (Lipinski definition) is 1. The second-order valence-electron chi connectivity index (χ2n) is 4.23. The summed E-state index contributed by atoms with van der Waals surface area (Å²) < 4.78 is 5.10. The first-order valence-corrected chi connectivity index (χ1v) is 5.74. The van der Waals surface area contributed by atoms with Crippen LogP contribution in [0, 0.1) is 5.92 Å². The third-order valence-electron chi connectivity index (χ3n) is 2.89. The van der Waals surface area contributed by atoms with Gasteiger partial charge in [0.1, 0.15) is 0 Å². The van der Waals surface area contributed by atoms with Crippen LogP contribution in [0.4, 0.5) is 10.5 Å². The molecule has 0 aromatic carbocycles. The van der Waals surface area contributed by atoms with Crippen molar-refractivity contribution in [1.29, 1.82) is 0 Å². The normalized spacial score (nSPS) is 19.4. The fourth-order valence-electron chi connectivity index (χ4n) is 2.03. The lowest BCUT2D eigenvalue weighted by molar-refractivity contribution is 0.154. The predicted molar refractivity (Wildman–Crippen MR) is 64.8 cm³/mol. The van der Waals surface area contributed by atoms with Gasteiger partial charge in [0.15, 0.2) is 0 Å². The van der Waals surface area contributed by atoms with Gasteiger partial charge in [0.05, 0.1) is 18.5 Å². The molecule has 1 saturated heterocycles. The molecule has 1 unspecified atom stereocenters. The Hall–Kier alpha value is -1.62. The molecular weight excluding hydrogens is 218 g/mol. The van der Waals surface area contributed by atoms with E-state index in [1.54, 1.807) is 25.6 Å². The van der Waals surface area contributed by atoms with E-state index in [4.69, 9.17) is 4.74 Å². The van der Waals surface area contributed by atoms with Crippen molar-refractivity contribution in [3.05, 3.63) is 24.5 Å². The average molecular weight is 235 g/mol. The highest BCUT2D eigenvalue weighted by atomic mass is 16.5. The lowest BCUT2D eigenvalue weighted by Crippen LogP contribution is -2.33. The Morgan fingerprint density at radius 1 is 1.71 bits per heavy atom. The Bertz CT molecular complexity index is 369. The molecule has 1 aliphatic rings. The zero-order chi connectivity index (χ0) is 12.1. The Balaban J connectivity index is 1.85. The van der Waals surface area contributed by atoms with E-state index in [0.717, 1.165) is 31.8 Å². The number of nitrogens with zero attached hydrogens (tertiary/aromatic N) is 2. The van der Waals surface area contributed by atoms with Crippen molar-refractivity contribution in [3.63, 3.8) is 0 Å². The molecule has 92 valence electrons. The SMILES string of the molecule is COCC1CCN(C(=O)Nc2cccnc2)C1. The predicted octanol–water partition coefficient (Wildman–Crippen LogP) is 1.58. The molecule has 0 aliphatic carbocycles. The molecule has 1 fully saturated rings. The van der Waals surface area contributed by atoms with Gasteiger partial charge in [0, 0.05) is 32.3 Å². The summed E-state index contributed by atoms with van der Waals surface area (Å²) in [6.45, 7) is 2.27. The van der Waals surface area contributed by atoms with Crippen molar-refractivity contribution in [2.75, 3.05) is 32.1 Å². The van der Waals surface area contributed by atoms with Crippen LogP contribution in [0.3, 0.4) is 0 Å². The maximum Gasteiger partial charge on any atom is 0.321 e. The van der Waals surface area contributed by atoms with Gasteiger partial charge in [-0.1, -0.05) is 0 Å². The molecule has 0 radical (unpaired) electrons. The van der Waals surface area contributed by atoms with E-state index in [1.165, 1.54) is 0 Å². The number of carbonyl (C=O) groups excluding carboxylic acids is 1. The van der Waals surface area contributed by atoms with Crippen LogP contribution in [0.5, 0.6) is 0 Å². The van der Waals surface area contributed by atoms with Gasteiger partial charge in [-0.2, -0.15) is 0 Å². The quantitative estimate of drug-likeness (QED) is 0.865. The number of amides is 2. The highest BCUT2D eigenvalue weighted by Crippen LogP contribution is 2.17. The third-order valence-corrected chi connectivity index (χ3v) is 2.89. The summed E-state index contributed by atoms with van der Waals surface area (Å²) in [5, 5.41) is 2.83. The first kappa shape index (κ1) is 11.9. The second-order valence-corrected chi connectivity index (χ2v) is 4.23. The van der Waals surface area contributed by atoms with Gasteiger partial charge in [-0.15, -0.1) is 0 Å². The summed E-state index contributed by atoms with van der Waals surface area (Å²) in [6.07, 6.45) is 4.33. The van der Waals surface area contributed by atoms with E-state index in [1.807, 2.05) is 11.0 Å². The largest absolute Gasteiger partial charge is 0.384 e. The van der Waals surface area contributed by atoms with Crippen LogP contribution in [0.1, 0.15) is 6.42 Å². The number of likely N-dealkylation sites (tertiary alicyclic amines) is 1. The molecule has 0 saturated carbocycles. The number of nitrogens with one attached hydrogen (secondary N) is 1. The number of ether oxygens (including phenoxy) is 1. The molecule has 1 aromatic heterocycles. The lowest BCUT2D eigenvalue weighted by atomic mass is 10.1. The molecule has 0 spiro atoms. The fourth-order valence-corrected chi connectivity index (χ4v) is 2.03. The van der Waals surface area contributed by atoms with Crippen LogP contribution < -0.4 is 5.32 Å². The van der Waals surface area contributed by atoms with E-state index >= 15 is 0 Å². The molecule has 2 heterocycles. The summed E-state index contributed by atoms with van der Waals surface area (Å²) in [7, 11) is 1.69. The third kappa shape index (κ3) is 3.17. The number of rotatable bonds is 3. The van der Waals surface area contributed by atoms with Crippen molar-refractivity contribution in [1.82, 2.24) is 9.88 Å². The Morgan fingerprint density at radius 3 is 3.29 bits per heavy atom. The van der Waals surface area contributed by atoms with Crippen LogP contribution >= 0.6 is 0 Å². The fraction of sp³-hybridized carbons (Fsp3) is 0.500. The van der Waals surface area contributed by atoms with Crippen molar-refractivity contribution in [2.24, 2.45) is 5.92 Å². The zero-order valence-electron chi connectivity index (χ0n) is 9.93. The standard InChI is InChI=1S/C12H17N3O2/c1-17-9-10-4-6-15(8-10)12(16)14-11-3-2-5-13-7-11/h2-3,5,7,10H,4,6,8-9H2,1H3,(H,14,16). The zero-order valence-corrected chi connectivity index (χ0v) is 9.93. The van der Waals surface area contributed by atoms with Gasteiger partial charge in [-0.05, 0) is 18.6 Å². The van der Waals surface area contributed by atoms with E-state index in [2.05, 4.69) is 10.3 Å². The highest BCUT2D eigenvalue weighted by Gasteiger charge is 2.25. The lowest BCUT2D eigenvalue weighted by Gasteiger charge is -2.17. The minimum atomic E-state index is -0.0587. The van der Waals surface area contributed by atoms with E-state index < -0.39 is 0 Å². The first-order chi connectivity index (χ1) is 8.29. The van der Waals surface area contributed by atoms with Crippen molar-refractivity contribution < 1.29 is 9.53 Å². The molecule has 2 amide bonds. The number of urea groups is 1. The molecule has 5 heteroatoms. The van der Waals surface area contributed by atoms with Crippen molar-refractivity contribution in [2.45, 2.75) is 6.42 Å². The molecule has 17 heavy (non-hydrogen) atoms. The van der Waals surface area contributed by atoms with Gasteiger partial charge in [-0.3, -0.25) is 4.98 Å². The Labute approximate surface area is 101 Å². The molecule has 2 rings (SSSR count). The average Bonchev–Trinajstić information content (AvgIpc) is 2.79. The number of carbonyl (C=O) groups is 1. The maximum atomic E-state index is 11.9. The number of anilines is 1. The molecule has 1 N–H and O–H groups in total. The summed E-state index contributed by atoms with van der Waals surface area (Å²) in [6, 6.07) is 3.57. The van der Waals surface area contributed by atoms with Crippen LogP contribution in [0.25, 0.3) is 0 Å². The molecule has 1 aliphatic heterocycles. The summed E-state index contributed by atoms with van der Waals surface area (Å²) in [4.78, 5) is 17.7. The van der Waals surface area contributed by atoms with Crippen LogP contribution in [-0.2, 0) is 4.74 Å².